The van der Waals surface area contributed by atoms with Gasteiger partial charge in [-0.1, -0.05) is 11.8 Å². The minimum absolute atomic E-state index is 0.226. The maximum atomic E-state index is 10.9. The first-order valence-electron chi connectivity index (χ1n) is 5.45. The molecule has 3 nitrogen and oxygen atoms in total. The maximum Gasteiger partial charge on any atom is 0.335 e. The molecule has 0 radical (unpaired) electrons. The number of methoxy groups -OCH3 is 1. The van der Waals surface area contributed by atoms with Gasteiger partial charge in [0.2, 0.25) is 0 Å². The fourth-order valence-electron chi connectivity index (χ4n) is 1.51. The van der Waals surface area contributed by atoms with E-state index in [0.717, 1.165) is 9.79 Å². The summed E-state index contributed by atoms with van der Waals surface area (Å²) in [6.07, 6.45) is 0. The van der Waals surface area contributed by atoms with Crippen molar-refractivity contribution >= 4 is 40.3 Å². The van der Waals surface area contributed by atoms with E-state index in [1.54, 1.807) is 31.0 Å². The quantitative estimate of drug-likeness (QED) is 0.803. The zero-order chi connectivity index (χ0) is 13.8. The molecule has 0 aliphatic rings. The Morgan fingerprint density at radius 3 is 2.47 bits per heavy atom. The number of carboxylic acid groups (broad SMARTS) is 1. The molecule has 0 saturated carbocycles. The molecule has 0 heterocycles. The Balaban J connectivity index is 2.29. The Hall–Kier alpha value is -1.21. The van der Waals surface area contributed by atoms with E-state index >= 15 is 0 Å². The van der Waals surface area contributed by atoms with Crippen molar-refractivity contribution in [1.82, 2.24) is 0 Å². The number of benzene rings is 2. The molecular formula is C14H11IO3S. The van der Waals surface area contributed by atoms with Gasteiger partial charge in [-0.3, -0.25) is 0 Å². The van der Waals surface area contributed by atoms with Gasteiger partial charge < -0.3 is 9.84 Å². The fourth-order valence-corrected chi connectivity index (χ4v) is 2.78. The lowest BCUT2D eigenvalue weighted by atomic mass is 10.2. The zero-order valence-corrected chi connectivity index (χ0v) is 13.1. The molecule has 2 rings (SSSR count). The van der Waals surface area contributed by atoms with E-state index in [0.29, 0.717) is 5.75 Å². The Bertz CT molecular complexity index is 596. The smallest absolute Gasteiger partial charge is 0.335 e. The van der Waals surface area contributed by atoms with Gasteiger partial charge in [0.1, 0.15) is 5.75 Å². The van der Waals surface area contributed by atoms with Crippen molar-refractivity contribution in [2.75, 3.05) is 7.11 Å². The first kappa shape index (κ1) is 14.2. The summed E-state index contributed by atoms with van der Waals surface area (Å²) in [6.45, 7) is 0. The number of carboxylic acids is 1. The van der Waals surface area contributed by atoms with Gasteiger partial charge in [0.15, 0.2) is 0 Å². The van der Waals surface area contributed by atoms with Crippen molar-refractivity contribution in [2.45, 2.75) is 9.79 Å². The van der Waals surface area contributed by atoms with Crippen molar-refractivity contribution in [1.29, 1.82) is 0 Å². The molecule has 0 amide bonds. The monoisotopic (exact) mass is 386 g/mol. The molecule has 98 valence electrons. The number of ether oxygens (including phenoxy) is 1. The molecule has 0 bridgehead atoms. The van der Waals surface area contributed by atoms with E-state index in [4.69, 9.17) is 9.84 Å². The molecule has 0 spiro atoms. The molecule has 0 aromatic heterocycles. The predicted octanol–water partition coefficient (Wildman–Crippen LogP) is 4.15. The molecule has 19 heavy (non-hydrogen) atoms. The van der Waals surface area contributed by atoms with E-state index in [2.05, 4.69) is 22.6 Å². The Labute approximate surface area is 129 Å². The second-order valence-corrected chi connectivity index (χ2v) is 6.09. The summed E-state index contributed by atoms with van der Waals surface area (Å²) < 4.78 is 6.42. The van der Waals surface area contributed by atoms with Crippen molar-refractivity contribution < 1.29 is 14.6 Å². The van der Waals surface area contributed by atoms with Crippen molar-refractivity contribution in [2.24, 2.45) is 0 Å². The van der Waals surface area contributed by atoms with Gasteiger partial charge >= 0.3 is 5.97 Å². The average Bonchev–Trinajstić information content (AvgIpc) is 2.41. The summed E-state index contributed by atoms with van der Waals surface area (Å²) in [5.74, 6) is -0.382. The van der Waals surface area contributed by atoms with Crippen LogP contribution in [0.5, 0.6) is 5.75 Å². The minimum atomic E-state index is -0.955. The summed E-state index contributed by atoms with van der Waals surface area (Å²) >= 11 is 3.80. The third kappa shape index (κ3) is 3.63. The maximum absolute atomic E-state index is 10.9. The molecular weight excluding hydrogens is 375 g/mol. The van der Waals surface area contributed by atoms with Crippen LogP contribution in [0.1, 0.15) is 10.4 Å². The van der Waals surface area contributed by atoms with E-state index in [-0.39, 0.29) is 5.56 Å². The normalized spacial score (nSPS) is 10.2. The van der Waals surface area contributed by atoms with Crippen LogP contribution >= 0.6 is 34.4 Å². The lowest BCUT2D eigenvalue weighted by Crippen LogP contribution is -1.97. The molecule has 0 aliphatic heterocycles. The molecule has 0 aliphatic carbocycles. The van der Waals surface area contributed by atoms with Crippen LogP contribution in [0.25, 0.3) is 0 Å². The second-order valence-electron chi connectivity index (χ2n) is 3.73. The minimum Gasteiger partial charge on any atom is -0.496 e. The van der Waals surface area contributed by atoms with E-state index < -0.39 is 5.97 Å². The van der Waals surface area contributed by atoms with Gasteiger partial charge in [0.05, 0.1) is 17.6 Å². The van der Waals surface area contributed by atoms with E-state index in [1.165, 1.54) is 9.64 Å². The fraction of sp³-hybridized carbons (Fsp3) is 0.0714. The molecule has 5 heteroatoms. The lowest BCUT2D eigenvalue weighted by molar-refractivity contribution is 0.0696. The van der Waals surface area contributed by atoms with E-state index in [1.807, 2.05) is 24.3 Å². The Morgan fingerprint density at radius 1 is 1.21 bits per heavy atom. The van der Waals surface area contributed by atoms with Crippen LogP contribution in [0.4, 0.5) is 0 Å². The van der Waals surface area contributed by atoms with Crippen molar-refractivity contribution in [3.8, 4) is 5.75 Å². The van der Waals surface area contributed by atoms with Crippen LogP contribution in [0.2, 0.25) is 0 Å². The van der Waals surface area contributed by atoms with Crippen LogP contribution in [0, 0.1) is 3.57 Å². The van der Waals surface area contributed by atoms with E-state index in [9.17, 15) is 4.79 Å². The summed E-state index contributed by atoms with van der Waals surface area (Å²) in [4.78, 5) is 12.9. The summed E-state index contributed by atoms with van der Waals surface area (Å²) in [5.41, 5.74) is 0.226. The number of carbonyl (C=O) groups is 1. The second kappa shape index (κ2) is 6.29. The first-order valence-corrected chi connectivity index (χ1v) is 7.34. The third-order valence-corrected chi connectivity index (χ3v) is 4.24. The molecule has 0 unspecified atom stereocenters. The van der Waals surface area contributed by atoms with Gasteiger partial charge in [0, 0.05) is 8.47 Å². The highest BCUT2D eigenvalue weighted by molar-refractivity contribution is 14.1. The molecule has 1 N–H and O–H groups in total. The molecule has 0 fully saturated rings. The highest BCUT2D eigenvalue weighted by atomic mass is 127. The topological polar surface area (TPSA) is 46.5 Å². The SMILES string of the molecule is COc1cc(C(=O)O)ccc1Sc1ccc(I)cc1. The van der Waals surface area contributed by atoms with Gasteiger partial charge in [-0.2, -0.15) is 0 Å². The highest BCUT2D eigenvalue weighted by Gasteiger charge is 2.10. The van der Waals surface area contributed by atoms with Crippen LogP contribution in [-0.4, -0.2) is 18.2 Å². The zero-order valence-electron chi connectivity index (χ0n) is 10.1. The summed E-state index contributed by atoms with van der Waals surface area (Å²) in [7, 11) is 1.54. The van der Waals surface area contributed by atoms with Gasteiger partial charge in [-0.25, -0.2) is 4.79 Å². The highest BCUT2D eigenvalue weighted by Crippen LogP contribution is 2.35. The molecule has 2 aromatic carbocycles. The molecule has 0 atom stereocenters. The first-order chi connectivity index (χ1) is 9.10. The molecule has 2 aromatic rings. The standard InChI is InChI=1S/C14H11IO3S/c1-18-12-8-9(14(16)17)2-7-13(12)19-11-5-3-10(15)4-6-11/h2-8H,1H3,(H,16,17). The predicted molar refractivity (Wildman–Crippen MR) is 83.2 cm³/mol. The number of aromatic carboxylic acids is 1. The molecule has 0 saturated heterocycles. The van der Waals surface area contributed by atoms with Gasteiger partial charge in [-0.15, -0.1) is 0 Å². The van der Waals surface area contributed by atoms with Crippen LogP contribution < -0.4 is 4.74 Å². The summed E-state index contributed by atoms with van der Waals surface area (Å²) in [5, 5.41) is 8.95. The van der Waals surface area contributed by atoms with Crippen molar-refractivity contribution in [3.05, 3.63) is 51.6 Å². The van der Waals surface area contributed by atoms with Gasteiger partial charge in [0.25, 0.3) is 0 Å². The Morgan fingerprint density at radius 2 is 1.89 bits per heavy atom. The number of halogens is 1. The average molecular weight is 386 g/mol. The number of rotatable bonds is 4. The van der Waals surface area contributed by atoms with Gasteiger partial charge in [-0.05, 0) is 65.1 Å². The number of hydrogen-bond acceptors (Lipinski definition) is 3. The largest absolute Gasteiger partial charge is 0.496 e. The van der Waals surface area contributed by atoms with Crippen LogP contribution in [-0.2, 0) is 0 Å². The van der Waals surface area contributed by atoms with Crippen LogP contribution in [0.15, 0.2) is 52.3 Å². The Kier molecular flexibility index (Phi) is 4.71. The number of hydrogen-bond donors (Lipinski definition) is 1. The van der Waals surface area contributed by atoms with Crippen LogP contribution in [0.3, 0.4) is 0 Å². The summed E-state index contributed by atoms with van der Waals surface area (Å²) in [6, 6.07) is 13.0. The van der Waals surface area contributed by atoms with Crippen molar-refractivity contribution in [3.63, 3.8) is 0 Å². The lowest BCUT2D eigenvalue weighted by Gasteiger charge is -2.09. The third-order valence-electron chi connectivity index (χ3n) is 2.45.